The van der Waals surface area contributed by atoms with Gasteiger partial charge in [-0.05, 0) is 26.8 Å². The average Bonchev–Trinajstić information content (AvgIpc) is 3.03. The van der Waals surface area contributed by atoms with Crippen LogP contribution in [-0.4, -0.2) is 73.0 Å². The fourth-order valence-corrected chi connectivity index (χ4v) is 4.31. The van der Waals surface area contributed by atoms with Crippen LogP contribution in [0.3, 0.4) is 0 Å². The van der Waals surface area contributed by atoms with E-state index in [1.54, 1.807) is 16.2 Å². The molecule has 7 nitrogen and oxygen atoms in total. The highest BCUT2D eigenvalue weighted by Gasteiger charge is 2.29. The van der Waals surface area contributed by atoms with Gasteiger partial charge < -0.3 is 19.9 Å². The minimum absolute atomic E-state index is 0.0493. The highest BCUT2D eigenvalue weighted by atomic mass is 32.1. The maximum absolute atomic E-state index is 13.0. The van der Waals surface area contributed by atoms with Gasteiger partial charge in [0.15, 0.2) is 0 Å². The van der Waals surface area contributed by atoms with E-state index < -0.39 is 0 Å². The van der Waals surface area contributed by atoms with E-state index in [9.17, 15) is 9.59 Å². The Hall–Kier alpha value is -1.51. The summed E-state index contributed by atoms with van der Waals surface area (Å²) in [7, 11) is 3.85. The standard InChI is InChI=1S/C20H34N4O3S/c1-6-27-12-18(25)21-16-8-7-15(9-23(4)10-16)20(26)24(5)11-17-13-28-19(22-17)14(2)3/h13-16H,6-12H2,1-5H3,(H,21,25)/t15-,16+/m1/s1. The van der Waals surface area contributed by atoms with Crippen LogP contribution >= 0.6 is 11.3 Å². The zero-order valence-corrected chi connectivity index (χ0v) is 18.6. The van der Waals surface area contributed by atoms with Gasteiger partial charge in [-0.3, -0.25) is 9.59 Å². The predicted molar refractivity (Wildman–Crippen MR) is 111 cm³/mol. The number of hydrogen-bond acceptors (Lipinski definition) is 6. The number of thiazole rings is 1. The molecule has 2 heterocycles. The number of carbonyl (C=O) groups is 2. The molecular formula is C20H34N4O3S. The first-order chi connectivity index (χ1) is 13.3. The van der Waals surface area contributed by atoms with Crippen molar-refractivity contribution in [3.05, 3.63) is 16.1 Å². The Balaban J connectivity index is 1.89. The molecule has 0 spiro atoms. The highest BCUT2D eigenvalue weighted by Crippen LogP contribution is 2.22. The fraction of sp³-hybridized carbons (Fsp3) is 0.750. The van der Waals surface area contributed by atoms with Gasteiger partial charge in [-0.15, -0.1) is 11.3 Å². The van der Waals surface area contributed by atoms with Crippen LogP contribution in [-0.2, 0) is 20.9 Å². The molecule has 1 N–H and O–H groups in total. The Bertz CT molecular complexity index is 649. The molecule has 2 amide bonds. The minimum atomic E-state index is -0.0911. The van der Waals surface area contributed by atoms with Crippen molar-refractivity contribution in [2.75, 3.05) is 40.4 Å². The van der Waals surface area contributed by atoms with Gasteiger partial charge in [-0.1, -0.05) is 13.8 Å². The Labute approximate surface area is 172 Å². The average molecular weight is 411 g/mol. The van der Waals surface area contributed by atoms with Gasteiger partial charge in [0, 0.05) is 44.1 Å². The first kappa shape index (κ1) is 22.8. The lowest BCUT2D eigenvalue weighted by atomic mass is 10.0. The second kappa shape index (κ2) is 10.9. The van der Waals surface area contributed by atoms with E-state index in [1.165, 1.54) is 0 Å². The van der Waals surface area contributed by atoms with Crippen molar-refractivity contribution in [1.29, 1.82) is 0 Å². The molecule has 2 rings (SSSR count). The van der Waals surface area contributed by atoms with Gasteiger partial charge in [-0.2, -0.15) is 0 Å². The predicted octanol–water partition coefficient (Wildman–Crippen LogP) is 2.09. The summed E-state index contributed by atoms with van der Waals surface area (Å²) < 4.78 is 5.17. The third kappa shape index (κ3) is 6.83. The number of likely N-dealkylation sites (N-methyl/N-ethyl adjacent to an activating group) is 1. The van der Waals surface area contributed by atoms with Crippen LogP contribution in [0.5, 0.6) is 0 Å². The molecule has 0 radical (unpaired) electrons. The molecule has 1 aliphatic rings. The number of rotatable bonds is 8. The van der Waals surface area contributed by atoms with Gasteiger partial charge in [0.05, 0.1) is 23.2 Å². The topological polar surface area (TPSA) is 74.8 Å². The number of amides is 2. The van der Waals surface area contributed by atoms with Crippen LogP contribution in [0.1, 0.15) is 50.2 Å². The molecule has 0 bridgehead atoms. The second-order valence-electron chi connectivity index (χ2n) is 7.92. The van der Waals surface area contributed by atoms with Crippen LogP contribution in [0.2, 0.25) is 0 Å². The van der Waals surface area contributed by atoms with Gasteiger partial charge >= 0.3 is 0 Å². The third-order valence-corrected chi connectivity index (χ3v) is 6.11. The second-order valence-corrected chi connectivity index (χ2v) is 8.81. The van der Waals surface area contributed by atoms with E-state index in [-0.39, 0.29) is 30.4 Å². The van der Waals surface area contributed by atoms with Crippen molar-refractivity contribution < 1.29 is 14.3 Å². The van der Waals surface area contributed by atoms with Crippen molar-refractivity contribution in [3.63, 3.8) is 0 Å². The number of nitrogens with one attached hydrogen (secondary N) is 1. The molecule has 1 aromatic heterocycles. The zero-order chi connectivity index (χ0) is 20.7. The van der Waals surface area contributed by atoms with E-state index in [4.69, 9.17) is 4.74 Å². The molecule has 28 heavy (non-hydrogen) atoms. The van der Waals surface area contributed by atoms with E-state index in [1.807, 2.05) is 26.4 Å². The zero-order valence-electron chi connectivity index (χ0n) is 17.7. The van der Waals surface area contributed by atoms with Crippen LogP contribution in [0.25, 0.3) is 0 Å². The third-order valence-electron chi connectivity index (χ3n) is 4.92. The molecule has 0 aliphatic carbocycles. The Kier molecular flexibility index (Phi) is 8.85. The first-order valence-electron chi connectivity index (χ1n) is 10.0. The fourth-order valence-electron chi connectivity index (χ4n) is 3.49. The number of ether oxygens (including phenoxy) is 1. The molecule has 158 valence electrons. The summed E-state index contributed by atoms with van der Waals surface area (Å²) in [5.41, 5.74) is 0.951. The molecule has 0 saturated carbocycles. The Morgan fingerprint density at radius 2 is 2.14 bits per heavy atom. The number of likely N-dealkylation sites (tertiary alicyclic amines) is 1. The van der Waals surface area contributed by atoms with E-state index in [0.29, 0.717) is 25.6 Å². The largest absolute Gasteiger partial charge is 0.372 e. The molecule has 1 fully saturated rings. The molecule has 1 aliphatic heterocycles. The number of hydrogen-bond donors (Lipinski definition) is 1. The van der Waals surface area contributed by atoms with Crippen molar-refractivity contribution in [3.8, 4) is 0 Å². The maximum Gasteiger partial charge on any atom is 0.246 e. The van der Waals surface area contributed by atoms with Gasteiger partial charge in [0.2, 0.25) is 11.8 Å². The van der Waals surface area contributed by atoms with Gasteiger partial charge in [0.25, 0.3) is 0 Å². The van der Waals surface area contributed by atoms with Crippen molar-refractivity contribution >= 4 is 23.2 Å². The summed E-state index contributed by atoms with van der Waals surface area (Å²) in [5.74, 6) is 0.399. The molecule has 1 aromatic rings. The normalized spacial score (nSPS) is 20.8. The minimum Gasteiger partial charge on any atom is -0.372 e. The van der Waals surface area contributed by atoms with E-state index in [0.717, 1.165) is 30.1 Å². The molecular weight excluding hydrogens is 376 g/mol. The van der Waals surface area contributed by atoms with Crippen molar-refractivity contribution in [2.45, 2.75) is 52.1 Å². The lowest BCUT2D eigenvalue weighted by Crippen LogP contribution is -2.43. The van der Waals surface area contributed by atoms with Gasteiger partial charge in [0.1, 0.15) is 6.61 Å². The smallest absolute Gasteiger partial charge is 0.246 e. The summed E-state index contributed by atoms with van der Waals surface area (Å²) in [6.45, 7) is 8.73. The highest BCUT2D eigenvalue weighted by molar-refractivity contribution is 7.09. The number of nitrogens with zero attached hydrogens (tertiary/aromatic N) is 3. The summed E-state index contributed by atoms with van der Waals surface area (Å²) >= 11 is 1.65. The molecule has 0 unspecified atom stereocenters. The van der Waals surface area contributed by atoms with Crippen LogP contribution < -0.4 is 5.32 Å². The van der Waals surface area contributed by atoms with Crippen LogP contribution in [0.4, 0.5) is 0 Å². The number of aromatic nitrogens is 1. The lowest BCUT2D eigenvalue weighted by molar-refractivity contribution is -0.135. The van der Waals surface area contributed by atoms with Crippen LogP contribution in [0, 0.1) is 5.92 Å². The monoisotopic (exact) mass is 410 g/mol. The summed E-state index contributed by atoms with van der Waals surface area (Å²) in [6.07, 6.45) is 1.56. The Morgan fingerprint density at radius 3 is 2.79 bits per heavy atom. The van der Waals surface area contributed by atoms with Crippen molar-refractivity contribution in [1.82, 2.24) is 20.1 Å². The summed E-state index contributed by atoms with van der Waals surface area (Å²) in [4.78, 5) is 33.5. The van der Waals surface area contributed by atoms with Gasteiger partial charge in [-0.25, -0.2) is 4.98 Å². The van der Waals surface area contributed by atoms with Crippen LogP contribution in [0.15, 0.2) is 5.38 Å². The number of carbonyl (C=O) groups excluding carboxylic acids is 2. The van der Waals surface area contributed by atoms with E-state index >= 15 is 0 Å². The molecule has 1 saturated heterocycles. The molecule has 2 atom stereocenters. The first-order valence-corrected chi connectivity index (χ1v) is 10.9. The SMILES string of the molecule is CCOCC(=O)N[C@H]1CC[C@@H](C(=O)N(C)Cc2csc(C(C)C)n2)CN(C)C1. The van der Waals surface area contributed by atoms with E-state index in [2.05, 4.69) is 29.0 Å². The Morgan fingerprint density at radius 1 is 1.39 bits per heavy atom. The lowest BCUT2D eigenvalue weighted by Gasteiger charge is -2.24. The van der Waals surface area contributed by atoms with Crippen molar-refractivity contribution in [2.24, 2.45) is 5.92 Å². The summed E-state index contributed by atoms with van der Waals surface area (Å²) in [5, 5.41) is 6.18. The maximum atomic E-state index is 13.0. The molecule has 0 aromatic carbocycles. The molecule has 8 heteroatoms. The quantitative estimate of drug-likeness (QED) is 0.710. The summed E-state index contributed by atoms with van der Waals surface area (Å²) in [6, 6.07) is 0.0493.